The van der Waals surface area contributed by atoms with Crippen molar-refractivity contribution in [2.75, 3.05) is 0 Å². The van der Waals surface area contributed by atoms with Gasteiger partial charge in [-0.2, -0.15) is 0 Å². The van der Waals surface area contributed by atoms with Crippen LogP contribution in [0.15, 0.2) is 34.7 Å². The maximum absolute atomic E-state index is 12.2. The zero-order valence-corrected chi connectivity index (χ0v) is 10.4. The van der Waals surface area contributed by atoms with Gasteiger partial charge in [0.25, 0.3) is 0 Å². The molecule has 1 aromatic heterocycles. The van der Waals surface area contributed by atoms with E-state index in [-0.39, 0.29) is 5.78 Å². The van der Waals surface area contributed by atoms with Crippen LogP contribution in [0.25, 0.3) is 0 Å². The van der Waals surface area contributed by atoms with Crippen LogP contribution >= 0.6 is 0 Å². The minimum atomic E-state index is 0.0296. The molecule has 0 aliphatic carbocycles. The number of hydrogen-bond acceptors (Lipinski definition) is 2. The lowest BCUT2D eigenvalue weighted by atomic mass is 10.0. The van der Waals surface area contributed by atoms with E-state index in [4.69, 9.17) is 4.42 Å². The standard InChI is InChI=1S/C15H16O2/c1-4-12-5-7-13(8-6-12)15(16)14-9-10(2)17-11(14)3/h5-9H,4H2,1-3H3. The number of carbonyl (C=O) groups is 1. The molecular weight excluding hydrogens is 212 g/mol. The molecule has 0 atom stereocenters. The highest BCUT2D eigenvalue weighted by Gasteiger charge is 2.15. The van der Waals surface area contributed by atoms with Gasteiger partial charge >= 0.3 is 0 Å². The minimum Gasteiger partial charge on any atom is -0.466 e. The molecule has 2 heteroatoms. The fourth-order valence-corrected chi connectivity index (χ4v) is 1.90. The Bertz CT molecular complexity index is 533. The third-order valence-corrected chi connectivity index (χ3v) is 2.91. The summed E-state index contributed by atoms with van der Waals surface area (Å²) in [6.45, 7) is 5.77. The third-order valence-electron chi connectivity index (χ3n) is 2.91. The van der Waals surface area contributed by atoms with Crippen molar-refractivity contribution in [3.63, 3.8) is 0 Å². The highest BCUT2D eigenvalue weighted by atomic mass is 16.3. The van der Waals surface area contributed by atoms with Crippen LogP contribution in [0, 0.1) is 13.8 Å². The highest BCUT2D eigenvalue weighted by Crippen LogP contribution is 2.18. The Balaban J connectivity index is 2.33. The van der Waals surface area contributed by atoms with Crippen molar-refractivity contribution in [2.24, 2.45) is 0 Å². The Labute approximate surface area is 101 Å². The van der Waals surface area contributed by atoms with Crippen LogP contribution in [0.3, 0.4) is 0 Å². The maximum Gasteiger partial charge on any atom is 0.196 e. The van der Waals surface area contributed by atoms with Crippen molar-refractivity contribution in [1.29, 1.82) is 0 Å². The summed E-state index contributed by atoms with van der Waals surface area (Å²) in [7, 11) is 0. The molecule has 0 bridgehead atoms. The summed E-state index contributed by atoms with van der Waals surface area (Å²) >= 11 is 0. The van der Waals surface area contributed by atoms with E-state index in [9.17, 15) is 4.79 Å². The Morgan fingerprint density at radius 3 is 2.29 bits per heavy atom. The van der Waals surface area contributed by atoms with E-state index < -0.39 is 0 Å². The topological polar surface area (TPSA) is 30.2 Å². The number of ketones is 1. The van der Waals surface area contributed by atoms with Gasteiger partial charge < -0.3 is 4.42 Å². The van der Waals surface area contributed by atoms with Gasteiger partial charge in [-0.3, -0.25) is 4.79 Å². The van der Waals surface area contributed by atoms with E-state index in [0.29, 0.717) is 16.9 Å². The van der Waals surface area contributed by atoms with Crippen molar-refractivity contribution < 1.29 is 9.21 Å². The summed E-state index contributed by atoms with van der Waals surface area (Å²) in [5.74, 6) is 1.49. The first-order valence-electron chi connectivity index (χ1n) is 5.82. The van der Waals surface area contributed by atoms with Crippen LogP contribution < -0.4 is 0 Å². The molecule has 2 nitrogen and oxygen atoms in total. The lowest BCUT2D eigenvalue weighted by Gasteiger charge is -2.01. The first-order chi connectivity index (χ1) is 8.11. The van der Waals surface area contributed by atoms with Crippen LogP contribution in [-0.2, 0) is 6.42 Å². The zero-order chi connectivity index (χ0) is 12.4. The molecule has 2 aromatic rings. The van der Waals surface area contributed by atoms with E-state index in [1.807, 2.05) is 38.1 Å². The first-order valence-corrected chi connectivity index (χ1v) is 5.82. The Kier molecular flexibility index (Phi) is 3.14. The molecular formula is C15H16O2. The Hall–Kier alpha value is -1.83. The quantitative estimate of drug-likeness (QED) is 0.750. The molecule has 0 N–H and O–H groups in total. The van der Waals surface area contributed by atoms with Gasteiger partial charge in [0.05, 0.1) is 5.56 Å². The molecule has 0 unspecified atom stereocenters. The van der Waals surface area contributed by atoms with Gasteiger partial charge in [-0.15, -0.1) is 0 Å². The number of aryl methyl sites for hydroxylation is 3. The molecule has 0 spiro atoms. The summed E-state index contributed by atoms with van der Waals surface area (Å²) in [6, 6.07) is 9.54. The summed E-state index contributed by atoms with van der Waals surface area (Å²) in [6.07, 6.45) is 0.984. The van der Waals surface area contributed by atoms with Gasteiger partial charge in [-0.1, -0.05) is 31.2 Å². The van der Waals surface area contributed by atoms with Gasteiger partial charge in [0.2, 0.25) is 0 Å². The van der Waals surface area contributed by atoms with E-state index in [1.165, 1.54) is 5.56 Å². The Morgan fingerprint density at radius 1 is 1.18 bits per heavy atom. The highest BCUT2D eigenvalue weighted by molar-refractivity contribution is 6.09. The number of benzene rings is 1. The predicted molar refractivity (Wildman–Crippen MR) is 67.4 cm³/mol. The summed E-state index contributed by atoms with van der Waals surface area (Å²) < 4.78 is 5.38. The molecule has 0 radical (unpaired) electrons. The largest absolute Gasteiger partial charge is 0.466 e. The second kappa shape index (κ2) is 4.58. The average Bonchev–Trinajstić information content (AvgIpc) is 2.68. The molecule has 0 aliphatic heterocycles. The SMILES string of the molecule is CCc1ccc(C(=O)c2cc(C)oc2C)cc1. The third kappa shape index (κ3) is 2.31. The first kappa shape index (κ1) is 11.6. The lowest BCUT2D eigenvalue weighted by Crippen LogP contribution is -2.01. The maximum atomic E-state index is 12.2. The number of hydrogen-bond donors (Lipinski definition) is 0. The van der Waals surface area contributed by atoms with Crippen molar-refractivity contribution in [3.8, 4) is 0 Å². The lowest BCUT2D eigenvalue weighted by molar-refractivity contribution is 0.103. The predicted octanol–water partition coefficient (Wildman–Crippen LogP) is 3.69. The molecule has 17 heavy (non-hydrogen) atoms. The van der Waals surface area contributed by atoms with Gasteiger partial charge in [-0.25, -0.2) is 0 Å². The minimum absolute atomic E-state index is 0.0296. The molecule has 0 aliphatic rings. The Morgan fingerprint density at radius 2 is 1.82 bits per heavy atom. The van der Waals surface area contributed by atoms with E-state index in [1.54, 1.807) is 6.07 Å². The molecule has 1 heterocycles. The van der Waals surface area contributed by atoms with Crippen LogP contribution in [-0.4, -0.2) is 5.78 Å². The second-order valence-corrected chi connectivity index (χ2v) is 4.21. The van der Waals surface area contributed by atoms with Crippen molar-refractivity contribution in [2.45, 2.75) is 27.2 Å². The molecule has 88 valence electrons. The fraction of sp³-hybridized carbons (Fsp3) is 0.267. The zero-order valence-electron chi connectivity index (χ0n) is 10.4. The van der Waals surface area contributed by atoms with E-state index in [2.05, 4.69) is 6.92 Å². The average molecular weight is 228 g/mol. The normalized spacial score (nSPS) is 10.5. The second-order valence-electron chi connectivity index (χ2n) is 4.21. The van der Waals surface area contributed by atoms with Crippen LogP contribution in [0.5, 0.6) is 0 Å². The summed E-state index contributed by atoms with van der Waals surface area (Å²) in [4.78, 5) is 12.2. The van der Waals surface area contributed by atoms with Crippen molar-refractivity contribution >= 4 is 5.78 Å². The van der Waals surface area contributed by atoms with E-state index >= 15 is 0 Å². The van der Waals surface area contributed by atoms with Crippen molar-refractivity contribution in [3.05, 3.63) is 58.5 Å². The molecule has 1 aromatic carbocycles. The molecule has 0 amide bonds. The fourth-order valence-electron chi connectivity index (χ4n) is 1.90. The molecule has 0 saturated carbocycles. The molecule has 2 rings (SSSR count). The van der Waals surface area contributed by atoms with Crippen molar-refractivity contribution in [1.82, 2.24) is 0 Å². The van der Waals surface area contributed by atoms with Gasteiger partial charge in [-0.05, 0) is 31.9 Å². The monoisotopic (exact) mass is 228 g/mol. The number of carbonyl (C=O) groups excluding carboxylic acids is 1. The van der Waals surface area contributed by atoms with Crippen LogP contribution in [0.1, 0.15) is 39.9 Å². The smallest absolute Gasteiger partial charge is 0.196 e. The van der Waals surface area contributed by atoms with E-state index in [0.717, 1.165) is 12.2 Å². The summed E-state index contributed by atoms with van der Waals surface area (Å²) in [5, 5.41) is 0. The van der Waals surface area contributed by atoms with Gasteiger partial charge in [0.1, 0.15) is 11.5 Å². The van der Waals surface area contributed by atoms with Gasteiger partial charge in [0.15, 0.2) is 5.78 Å². The number of rotatable bonds is 3. The van der Waals surface area contributed by atoms with Crippen LogP contribution in [0.2, 0.25) is 0 Å². The van der Waals surface area contributed by atoms with Crippen LogP contribution in [0.4, 0.5) is 0 Å². The van der Waals surface area contributed by atoms with Gasteiger partial charge in [0, 0.05) is 5.56 Å². The molecule has 0 fully saturated rings. The number of furan rings is 1. The molecule has 0 saturated heterocycles. The summed E-state index contributed by atoms with van der Waals surface area (Å²) in [5.41, 5.74) is 2.61.